The van der Waals surface area contributed by atoms with Crippen LogP contribution in [0.4, 0.5) is 17.6 Å². The number of ether oxygens (including phenoxy) is 1. The van der Waals surface area contributed by atoms with Crippen LogP contribution in [0.15, 0.2) is 42.9 Å². The van der Waals surface area contributed by atoms with Gasteiger partial charge in [0.25, 0.3) is 0 Å². The molecule has 3 aromatic rings. The van der Waals surface area contributed by atoms with Crippen molar-refractivity contribution < 1.29 is 26.4 Å². The van der Waals surface area contributed by atoms with Gasteiger partial charge in [0.2, 0.25) is 0 Å². The Morgan fingerprint density at radius 3 is 2.63 bits per heavy atom. The van der Waals surface area contributed by atoms with Crippen molar-refractivity contribution in [3.63, 3.8) is 0 Å². The van der Waals surface area contributed by atoms with E-state index >= 15 is 0 Å². The van der Waals surface area contributed by atoms with Crippen molar-refractivity contribution in [2.75, 3.05) is 0 Å². The van der Waals surface area contributed by atoms with Gasteiger partial charge in [-0.1, -0.05) is 0 Å². The summed E-state index contributed by atoms with van der Waals surface area (Å²) in [6.45, 7) is -5.16. The third-order valence-electron chi connectivity index (χ3n) is 4.28. The topological polar surface area (TPSA) is 52.8 Å². The van der Waals surface area contributed by atoms with E-state index in [1.54, 1.807) is 12.1 Å². The molecule has 1 aliphatic rings. The first-order valence-electron chi connectivity index (χ1n) is 9.36. The highest BCUT2D eigenvalue weighted by atomic mass is 19.4. The van der Waals surface area contributed by atoms with Gasteiger partial charge in [-0.25, -0.2) is 4.39 Å². The van der Waals surface area contributed by atoms with Gasteiger partial charge in [-0.15, -0.1) is 0 Å². The quantitative estimate of drug-likeness (QED) is 0.630. The highest BCUT2D eigenvalue weighted by Gasteiger charge is 2.55. The average Bonchev–Trinajstić information content (AvgIpc) is 3.06. The molecule has 0 aliphatic carbocycles. The van der Waals surface area contributed by atoms with E-state index in [1.807, 2.05) is 0 Å². The number of pyridine rings is 2. The van der Waals surface area contributed by atoms with E-state index in [-0.39, 0.29) is 17.1 Å². The van der Waals surface area contributed by atoms with Crippen LogP contribution in [0.2, 0.25) is 0 Å². The van der Waals surface area contributed by atoms with Gasteiger partial charge in [0.1, 0.15) is 11.5 Å². The van der Waals surface area contributed by atoms with Crippen LogP contribution in [0, 0.1) is 5.82 Å². The molecule has 0 bridgehead atoms. The molecule has 1 atom stereocenters. The Bertz CT molecular complexity index is 1050. The first kappa shape index (κ1) is 14.3. The zero-order chi connectivity index (χ0) is 21.7. The molecule has 1 aliphatic heterocycles. The molecule has 0 saturated carbocycles. The second-order valence-electron chi connectivity index (χ2n) is 6.04. The highest BCUT2D eigenvalue weighted by Crippen LogP contribution is 2.42. The number of nitrogens with zero attached hydrogens (tertiary/aromatic N) is 4. The van der Waals surface area contributed by atoms with E-state index in [4.69, 9.17) is 8.85 Å². The van der Waals surface area contributed by atoms with Gasteiger partial charge in [0, 0.05) is 22.1 Å². The minimum Gasteiger partial charge on any atom is -0.358 e. The molecule has 0 saturated heterocycles. The fraction of sp³-hybridized carbons (Fsp3) is 0.278. The minimum absolute atomic E-state index is 0.184. The summed E-state index contributed by atoms with van der Waals surface area (Å²) < 4.78 is 83.1. The summed E-state index contributed by atoms with van der Waals surface area (Å²) in [6, 6.07) is 5.74. The number of hydrogen-bond acceptors (Lipinski definition) is 4. The Labute approximate surface area is 155 Å². The molecule has 0 aromatic carbocycles. The number of fused-ring (bicyclic) bond motifs is 1. The zero-order valence-corrected chi connectivity index (χ0v) is 13.7. The summed E-state index contributed by atoms with van der Waals surface area (Å²) >= 11 is 0. The monoisotopic (exact) mass is 381 g/mol. The molecular weight excluding hydrogens is 364 g/mol. The lowest BCUT2D eigenvalue weighted by Gasteiger charge is -2.36. The van der Waals surface area contributed by atoms with Crippen molar-refractivity contribution >= 4 is 0 Å². The Hall–Kier alpha value is -2.81. The lowest BCUT2D eigenvalue weighted by molar-refractivity contribution is -0.287. The van der Waals surface area contributed by atoms with Crippen LogP contribution in [0.5, 0.6) is 0 Å². The Morgan fingerprint density at radius 1 is 1.22 bits per heavy atom. The van der Waals surface area contributed by atoms with Gasteiger partial charge in [-0.2, -0.15) is 18.3 Å². The van der Waals surface area contributed by atoms with Crippen molar-refractivity contribution in [2.24, 2.45) is 0 Å². The number of halogens is 4. The van der Waals surface area contributed by atoms with Crippen LogP contribution >= 0.6 is 0 Å². The minimum atomic E-state index is -5.16. The molecule has 5 nitrogen and oxygen atoms in total. The summed E-state index contributed by atoms with van der Waals surface area (Å²) in [5, 5.41) is 4.23. The van der Waals surface area contributed by atoms with Crippen molar-refractivity contribution in [1.29, 1.82) is 0 Å². The zero-order valence-electron chi connectivity index (χ0n) is 16.7. The fourth-order valence-corrected chi connectivity index (χ4v) is 2.91. The van der Waals surface area contributed by atoms with E-state index in [0.717, 1.165) is 16.9 Å². The molecule has 140 valence electrons. The molecule has 0 amide bonds. The van der Waals surface area contributed by atoms with Crippen LogP contribution in [0.1, 0.15) is 16.7 Å². The van der Waals surface area contributed by atoms with E-state index in [2.05, 4.69) is 15.1 Å². The van der Waals surface area contributed by atoms with Crippen LogP contribution < -0.4 is 0 Å². The molecule has 27 heavy (non-hydrogen) atoms. The predicted molar refractivity (Wildman–Crippen MR) is 87.9 cm³/mol. The van der Waals surface area contributed by atoms with Gasteiger partial charge in [0.05, 0.1) is 30.7 Å². The van der Waals surface area contributed by atoms with E-state index in [0.29, 0.717) is 11.1 Å². The molecular formula is C18H14F4N4O. The van der Waals surface area contributed by atoms with Crippen LogP contribution in [-0.2, 0) is 17.9 Å². The lowest BCUT2D eigenvalue weighted by Crippen LogP contribution is -2.51. The van der Waals surface area contributed by atoms with E-state index in [1.165, 1.54) is 18.5 Å². The van der Waals surface area contributed by atoms with Gasteiger partial charge in [-0.05, 0) is 36.7 Å². The summed E-state index contributed by atoms with van der Waals surface area (Å²) in [4.78, 5) is 7.89. The maximum atomic E-state index is 13.8. The summed E-state index contributed by atoms with van der Waals surface area (Å²) in [5.41, 5.74) is -1.75. The number of alkyl halides is 3. The first-order chi connectivity index (χ1) is 14.0. The van der Waals surface area contributed by atoms with Crippen LogP contribution in [0.3, 0.4) is 0 Å². The maximum absolute atomic E-state index is 13.8. The van der Waals surface area contributed by atoms with Crippen LogP contribution in [-0.4, -0.2) is 31.5 Å². The smallest absolute Gasteiger partial charge is 0.358 e. The Kier molecular flexibility index (Phi) is 3.24. The largest absolute Gasteiger partial charge is 0.419 e. The van der Waals surface area contributed by atoms with E-state index in [9.17, 15) is 17.6 Å². The molecule has 9 heteroatoms. The molecule has 0 N–H and O–H groups in total. The maximum Gasteiger partial charge on any atom is 0.419 e. The molecule has 0 fully saturated rings. The standard InChI is InChI=1S/C18H14F4N4O/c1-17(18(20,21)22)10-26-14(9-27-17)15(11-4-6-23-7-5-11)16(25-26)13-3-2-12(19)8-24-13/h2-8H,9-10H2,1H3/i1D3. The molecule has 0 radical (unpaired) electrons. The van der Waals surface area contributed by atoms with Crippen molar-refractivity contribution in [3.8, 4) is 22.5 Å². The average molecular weight is 381 g/mol. The van der Waals surface area contributed by atoms with Crippen LogP contribution in [0.25, 0.3) is 22.5 Å². The third-order valence-corrected chi connectivity index (χ3v) is 4.28. The van der Waals surface area contributed by atoms with Gasteiger partial charge < -0.3 is 4.74 Å². The van der Waals surface area contributed by atoms with Gasteiger partial charge in [-0.3, -0.25) is 14.6 Å². The first-order valence-corrected chi connectivity index (χ1v) is 7.86. The molecule has 1 unspecified atom stereocenters. The number of rotatable bonds is 2. The molecule has 4 heterocycles. The van der Waals surface area contributed by atoms with Crippen molar-refractivity contribution in [1.82, 2.24) is 19.7 Å². The van der Waals surface area contributed by atoms with Crippen molar-refractivity contribution in [2.45, 2.75) is 31.8 Å². The SMILES string of the molecule is [2H]C([2H])([2H])C1(C(F)(F)F)Cn2nc(-c3ccc(F)cn3)c(-c3ccncc3)c2CO1. The molecule has 0 spiro atoms. The van der Waals surface area contributed by atoms with Crippen molar-refractivity contribution in [3.05, 3.63) is 54.4 Å². The number of aromatic nitrogens is 4. The normalized spacial score (nSPS) is 21.9. The molecule has 3 aromatic heterocycles. The highest BCUT2D eigenvalue weighted by molar-refractivity contribution is 5.81. The van der Waals surface area contributed by atoms with Gasteiger partial charge >= 0.3 is 6.18 Å². The summed E-state index contributed by atoms with van der Waals surface area (Å²) in [7, 11) is 0. The number of hydrogen-bond donors (Lipinski definition) is 0. The second-order valence-corrected chi connectivity index (χ2v) is 6.04. The summed E-state index contributed by atoms with van der Waals surface area (Å²) in [5.74, 6) is -0.588. The molecule has 4 rings (SSSR count). The Morgan fingerprint density at radius 2 is 2.00 bits per heavy atom. The Balaban J connectivity index is 1.92. The fourth-order valence-electron chi connectivity index (χ4n) is 2.91. The van der Waals surface area contributed by atoms with Gasteiger partial charge in [0.15, 0.2) is 5.60 Å². The lowest BCUT2D eigenvalue weighted by atomic mass is 10.00. The second kappa shape index (κ2) is 6.12. The third kappa shape index (κ3) is 2.97. The van der Waals surface area contributed by atoms with E-state index < -0.39 is 37.6 Å². The predicted octanol–water partition coefficient (Wildman–Crippen LogP) is 4.00. The summed E-state index contributed by atoms with van der Waals surface area (Å²) in [6.07, 6.45) is -1.21.